The second kappa shape index (κ2) is 5.51. The molecule has 0 spiro atoms. The van der Waals surface area contributed by atoms with E-state index in [-0.39, 0.29) is 18.4 Å². The predicted octanol–water partition coefficient (Wildman–Crippen LogP) is 0.460. The van der Waals surface area contributed by atoms with Crippen molar-refractivity contribution in [1.82, 2.24) is 25.6 Å². The van der Waals surface area contributed by atoms with Crippen molar-refractivity contribution in [2.24, 2.45) is 0 Å². The summed E-state index contributed by atoms with van der Waals surface area (Å²) in [7, 11) is 0. The minimum atomic E-state index is -0.283. The maximum absolute atomic E-state index is 12.0. The van der Waals surface area contributed by atoms with Crippen LogP contribution in [0.25, 0.3) is 11.0 Å². The van der Waals surface area contributed by atoms with E-state index in [0.717, 1.165) is 24.9 Å². The van der Waals surface area contributed by atoms with Gasteiger partial charge in [0.2, 0.25) is 5.91 Å². The Hall–Kier alpha value is -2.44. The van der Waals surface area contributed by atoms with Crippen LogP contribution in [0.5, 0.6) is 0 Å². The molecule has 1 aliphatic rings. The van der Waals surface area contributed by atoms with Crippen molar-refractivity contribution in [2.45, 2.75) is 32.4 Å². The van der Waals surface area contributed by atoms with E-state index >= 15 is 0 Å². The lowest BCUT2D eigenvalue weighted by Gasteiger charge is -2.06. The summed E-state index contributed by atoms with van der Waals surface area (Å²) in [6.45, 7) is 2.70. The van der Waals surface area contributed by atoms with Crippen LogP contribution >= 0.6 is 0 Å². The normalized spacial score (nSPS) is 14.1. The minimum Gasteiger partial charge on any atom is -0.352 e. The number of nitrogens with one attached hydrogen (secondary N) is 2. The zero-order chi connectivity index (χ0) is 14.8. The quantitative estimate of drug-likeness (QED) is 0.836. The van der Waals surface area contributed by atoms with Crippen molar-refractivity contribution in [3.05, 3.63) is 23.8 Å². The Morgan fingerprint density at radius 1 is 1.38 bits per heavy atom. The molecular formula is C14H17N5O2. The summed E-state index contributed by atoms with van der Waals surface area (Å²) in [4.78, 5) is 23.6. The molecule has 1 saturated carbocycles. The minimum absolute atomic E-state index is 0.00494. The number of rotatable bonds is 5. The number of amides is 2. The van der Waals surface area contributed by atoms with Gasteiger partial charge in [-0.1, -0.05) is 5.21 Å². The fraction of sp³-hybridized carbons (Fsp3) is 0.429. The van der Waals surface area contributed by atoms with Gasteiger partial charge in [-0.15, -0.1) is 5.10 Å². The van der Waals surface area contributed by atoms with Gasteiger partial charge >= 0.3 is 0 Å². The van der Waals surface area contributed by atoms with Gasteiger partial charge in [0.25, 0.3) is 5.91 Å². The maximum Gasteiger partial charge on any atom is 0.251 e. The highest BCUT2D eigenvalue weighted by Crippen LogP contribution is 2.18. The van der Waals surface area contributed by atoms with E-state index < -0.39 is 0 Å². The molecule has 1 aromatic heterocycles. The molecule has 0 atom stereocenters. The van der Waals surface area contributed by atoms with Crippen molar-refractivity contribution in [3.8, 4) is 0 Å². The number of nitrogens with zero attached hydrogens (tertiary/aromatic N) is 3. The lowest BCUT2D eigenvalue weighted by molar-refractivity contribution is -0.120. The van der Waals surface area contributed by atoms with Crippen molar-refractivity contribution in [2.75, 3.05) is 6.54 Å². The molecule has 110 valence electrons. The van der Waals surface area contributed by atoms with Crippen LogP contribution in [0.4, 0.5) is 0 Å². The van der Waals surface area contributed by atoms with Crippen LogP contribution in [0.3, 0.4) is 0 Å². The second-order valence-corrected chi connectivity index (χ2v) is 5.13. The van der Waals surface area contributed by atoms with Crippen molar-refractivity contribution in [3.63, 3.8) is 0 Å². The molecule has 1 heterocycles. The number of benzene rings is 1. The average molecular weight is 287 g/mol. The molecule has 21 heavy (non-hydrogen) atoms. The Morgan fingerprint density at radius 3 is 2.90 bits per heavy atom. The number of carbonyl (C=O) groups is 2. The molecule has 1 aliphatic carbocycles. The van der Waals surface area contributed by atoms with E-state index in [0.29, 0.717) is 17.1 Å². The number of hydrogen-bond acceptors (Lipinski definition) is 4. The molecule has 0 radical (unpaired) electrons. The Bertz CT molecular complexity index is 690. The largest absolute Gasteiger partial charge is 0.352 e. The van der Waals surface area contributed by atoms with Gasteiger partial charge in [-0.25, -0.2) is 4.68 Å². The van der Waals surface area contributed by atoms with Crippen molar-refractivity contribution >= 4 is 22.8 Å². The lowest BCUT2D eigenvalue weighted by atomic mass is 10.2. The molecule has 0 unspecified atom stereocenters. The first-order valence-corrected chi connectivity index (χ1v) is 7.08. The first-order valence-electron chi connectivity index (χ1n) is 7.08. The second-order valence-electron chi connectivity index (χ2n) is 5.13. The molecule has 1 fully saturated rings. The third-order valence-electron chi connectivity index (χ3n) is 3.43. The first-order chi connectivity index (χ1) is 10.2. The molecule has 2 aromatic rings. The molecule has 3 rings (SSSR count). The Balaban J connectivity index is 1.64. The molecule has 1 aromatic carbocycles. The first kappa shape index (κ1) is 13.5. The lowest BCUT2D eigenvalue weighted by Crippen LogP contribution is -2.37. The van der Waals surface area contributed by atoms with Gasteiger partial charge < -0.3 is 10.6 Å². The van der Waals surface area contributed by atoms with Gasteiger partial charge in [0.05, 0.1) is 12.1 Å². The summed E-state index contributed by atoms with van der Waals surface area (Å²) >= 11 is 0. The Morgan fingerprint density at radius 2 is 2.19 bits per heavy atom. The summed E-state index contributed by atoms with van der Waals surface area (Å²) in [5.41, 5.74) is 2.04. The van der Waals surface area contributed by atoms with Gasteiger partial charge in [-0.3, -0.25) is 9.59 Å². The van der Waals surface area contributed by atoms with E-state index in [9.17, 15) is 9.59 Å². The summed E-state index contributed by atoms with van der Waals surface area (Å²) in [5.74, 6) is -0.433. The summed E-state index contributed by atoms with van der Waals surface area (Å²) in [6.07, 6.45) is 2.06. The van der Waals surface area contributed by atoms with Crippen LogP contribution < -0.4 is 10.6 Å². The van der Waals surface area contributed by atoms with Gasteiger partial charge in [0.1, 0.15) is 5.52 Å². The highest BCUT2D eigenvalue weighted by atomic mass is 16.2. The Kier molecular flexibility index (Phi) is 3.55. The zero-order valence-electron chi connectivity index (χ0n) is 11.8. The number of aromatic nitrogens is 3. The van der Waals surface area contributed by atoms with Crippen LogP contribution in [0.15, 0.2) is 18.2 Å². The monoisotopic (exact) mass is 287 g/mol. The summed E-state index contributed by atoms with van der Waals surface area (Å²) < 4.78 is 1.76. The van der Waals surface area contributed by atoms with E-state index in [4.69, 9.17) is 0 Å². The summed E-state index contributed by atoms with van der Waals surface area (Å²) in [6, 6.07) is 5.52. The molecule has 0 saturated heterocycles. The van der Waals surface area contributed by atoms with Gasteiger partial charge in [0, 0.05) is 18.2 Å². The smallest absolute Gasteiger partial charge is 0.251 e. The molecule has 2 N–H and O–H groups in total. The number of hydrogen-bond donors (Lipinski definition) is 2. The highest BCUT2D eigenvalue weighted by molar-refractivity contribution is 5.98. The topological polar surface area (TPSA) is 88.9 Å². The standard InChI is InChI=1S/C14H17N5O2/c1-2-19-12-6-3-9(7-11(12)17-18-19)14(21)15-8-13(20)16-10-4-5-10/h3,6-7,10H,2,4-5,8H2,1H3,(H,15,21)(H,16,20). The molecule has 7 nitrogen and oxygen atoms in total. The number of carbonyl (C=O) groups excluding carboxylic acids is 2. The maximum atomic E-state index is 12.0. The Labute approximate surface area is 121 Å². The fourth-order valence-electron chi connectivity index (χ4n) is 2.12. The van der Waals surface area contributed by atoms with E-state index in [1.807, 2.05) is 13.0 Å². The van der Waals surface area contributed by atoms with Crippen LogP contribution in [0.1, 0.15) is 30.1 Å². The summed E-state index contributed by atoms with van der Waals surface area (Å²) in [5, 5.41) is 13.5. The van der Waals surface area contributed by atoms with Crippen molar-refractivity contribution < 1.29 is 9.59 Å². The van der Waals surface area contributed by atoms with Crippen LogP contribution in [-0.2, 0) is 11.3 Å². The van der Waals surface area contributed by atoms with Gasteiger partial charge in [-0.05, 0) is 38.0 Å². The number of aryl methyl sites for hydroxylation is 1. The van der Waals surface area contributed by atoms with Crippen LogP contribution in [0, 0.1) is 0 Å². The number of fused-ring (bicyclic) bond motifs is 1. The molecule has 0 bridgehead atoms. The molecule has 2 amide bonds. The third kappa shape index (κ3) is 3.01. The van der Waals surface area contributed by atoms with E-state index in [1.54, 1.807) is 16.8 Å². The zero-order valence-corrected chi connectivity index (χ0v) is 11.8. The molecule has 0 aliphatic heterocycles. The van der Waals surface area contributed by atoms with Gasteiger partial charge in [0.15, 0.2) is 0 Å². The third-order valence-corrected chi connectivity index (χ3v) is 3.43. The van der Waals surface area contributed by atoms with Crippen LogP contribution in [-0.4, -0.2) is 39.4 Å². The van der Waals surface area contributed by atoms with Crippen molar-refractivity contribution in [1.29, 1.82) is 0 Å². The van der Waals surface area contributed by atoms with E-state index in [2.05, 4.69) is 20.9 Å². The van der Waals surface area contributed by atoms with E-state index in [1.165, 1.54) is 0 Å². The van der Waals surface area contributed by atoms with Gasteiger partial charge in [-0.2, -0.15) is 0 Å². The highest BCUT2D eigenvalue weighted by Gasteiger charge is 2.23. The van der Waals surface area contributed by atoms with Crippen LogP contribution in [0.2, 0.25) is 0 Å². The SMILES string of the molecule is CCn1nnc2cc(C(=O)NCC(=O)NC3CC3)ccc21. The predicted molar refractivity (Wildman–Crippen MR) is 76.7 cm³/mol. The molecule has 7 heteroatoms. The average Bonchev–Trinajstić information content (AvgIpc) is 3.20. The molecular weight excluding hydrogens is 270 g/mol. The fourth-order valence-corrected chi connectivity index (χ4v) is 2.12.